The van der Waals surface area contributed by atoms with Crippen LogP contribution < -0.4 is 4.74 Å². The number of aliphatic imine (C=N–C) groups is 1. The van der Waals surface area contributed by atoms with Crippen LogP contribution in [0.3, 0.4) is 0 Å². The molecule has 0 atom stereocenters. The van der Waals surface area contributed by atoms with E-state index in [0.29, 0.717) is 10.2 Å². The normalized spacial score (nSPS) is 16.6. The van der Waals surface area contributed by atoms with Crippen molar-refractivity contribution in [1.29, 1.82) is 5.41 Å². The first-order valence-electron chi connectivity index (χ1n) is 10.8. The van der Waals surface area contributed by atoms with E-state index in [1.54, 1.807) is 6.08 Å². The van der Waals surface area contributed by atoms with Gasteiger partial charge < -0.3 is 9.30 Å². The second-order valence-electron chi connectivity index (χ2n) is 8.11. The average Bonchev–Trinajstić information content (AvgIpc) is 3.36. The van der Waals surface area contributed by atoms with Gasteiger partial charge in [0.25, 0.3) is 5.91 Å². The molecule has 34 heavy (non-hydrogen) atoms. The monoisotopic (exact) mass is 469 g/mol. The number of nitrogens with zero attached hydrogens (tertiary/aromatic N) is 4. The summed E-state index contributed by atoms with van der Waals surface area (Å²) in [7, 11) is 0. The molecule has 8 heteroatoms. The fourth-order valence-electron chi connectivity index (χ4n) is 3.93. The zero-order valence-corrected chi connectivity index (χ0v) is 19.9. The summed E-state index contributed by atoms with van der Waals surface area (Å²) >= 11 is 1.25. The Morgan fingerprint density at radius 3 is 2.53 bits per heavy atom. The third-order valence-electron chi connectivity index (χ3n) is 5.66. The quantitative estimate of drug-likeness (QED) is 0.527. The molecule has 1 N–H and O–H groups in total. The lowest BCUT2D eigenvalue weighted by atomic mass is 10.1. The number of hydrazone groups is 1. The Kier molecular flexibility index (Phi) is 5.67. The summed E-state index contributed by atoms with van der Waals surface area (Å²) < 4.78 is 7.89. The van der Waals surface area contributed by atoms with Crippen LogP contribution in [0.1, 0.15) is 22.5 Å². The van der Waals surface area contributed by atoms with Crippen molar-refractivity contribution in [2.45, 2.75) is 20.8 Å². The number of fused-ring (bicyclic) bond motifs is 1. The van der Waals surface area contributed by atoms with Gasteiger partial charge in [0, 0.05) is 17.1 Å². The molecule has 1 aromatic heterocycles. The highest BCUT2D eigenvalue weighted by molar-refractivity contribution is 8.27. The van der Waals surface area contributed by atoms with Crippen molar-refractivity contribution in [2.75, 3.05) is 6.61 Å². The highest BCUT2D eigenvalue weighted by Gasteiger charge is 2.36. The first-order valence-corrected chi connectivity index (χ1v) is 11.7. The van der Waals surface area contributed by atoms with Crippen molar-refractivity contribution in [2.24, 2.45) is 10.1 Å². The molecule has 3 heterocycles. The van der Waals surface area contributed by atoms with E-state index in [-0.39, 0.29) is 18.0 Å². The predicted molar refractivity (Wildman–Crippen MR) is 137 cm³/mol. The van der Waals surface area contributed by atoms with Crippen LogP contribution in [0.25, 0.3) is 11.8 Å². The lowest BCUT2D eigenvalue weighted by Gasteiger charge is -2.20. The molecule has 170 valence electrons. The van der Waals surface area contributed by atoms with E-state index >= 15 is 0 Å². The molecular formula is C26H23N5O2S. The van der Waals surface area contributed by atoms with Crippen LogP contribution in [-0.4, -0.2) is 38.1 Å². The molecule has 0 radical (unpaired) electrons. The number of aromatic nitrogens is 1. The summed E-state index contributed by atoms with van der Waals surface area (Å²) in [5.74, 6) is 0.301. The van der Waals surface area contributed by atoms with Gasteiger partial charge in [-0.2, -0.15) is 15.1 Å². The molecule has 1 amide bonds. The van der Waals surface area contributed by atoms with Crippen LogP contribution in [-0.2, 0) is 4.79 Å². The highest BCUT2D eigenvalue weighted by Crippen LogP contribution is 2.30. The van der Waals surface area contributed by atoms with E-state index in [2.05, 4.69) is 45.9 Å². The van der Waals surface area contributed by atoms with Crippen molar-refractivity contribution in [3.05, 3.63) is 88.8 Å². The molecule has 0 saturated carbocycles. The van der Waals surface area contributed by atoms with Crippen LogP contribution in [0.5, 0.6) is 5.75 Å². The summed E-state index contributed by atoms with van der Waals surface area (Å²) in [6.45, 7) is 6.33. The van der Waals surface area contributed by atoms with Crippen LogP contribution in [0, 0.1) is 26.2 Å². The van der Waals surface area contributed by atoms with Gasteiger partial charge in [-0.15, -0.1) is 0 Å². The SMILES string of the molecule is Cc1ccc(-n2c(C)cc(/C=C3/C(=N)N4N=C(COc5ccccc5)SC4=NC3=O)c2C)cc1. The predicted octanol–water partition coefficient (Wildman–Crippen LogP) is 5.10. The molecule has 5 rings (SSSR count). The number of amidine groups is 2. The van der Waals surface area contributed by atoms with Gasteiger partial charge in [0.1, 0.15) is 17.4 Å². The Bertz CT molecular complexity index is 1380. The van der Waals surface area contributed by atoms with Crippen molar-refractivity contribution in [3.63, 3.8) is 0 Å². The fourth-order valence-corrected chi connectivity index (χ4v) is 4.73. The van der Waals surface area contributed by atoms with Crippen molar-refractivity contribution in [3.8, 4) is 11.4 Å². The number of amides is 1. The summed E-state index contributed by atoms with van der Waals surface area (Å²) in [6.07, 6.45) is 1.73. The summed E-state index contributed by atoms with van der Waals surface area (Å²) in [6, 6.07) is 19.8. The van der Waals surface area contributed by atoms with Gasteiger partial charge in [-0.1, -0.05) is 35.9 Å². The topological polar surface area (TPSA) is 83.0 Å². The number of carbonyl (C=O) groups is 1. The van der Waals surface area contributed by atoms with Gasteiger partial charge in [0.15, 0.2) is 5.84 Å². The molecule has 0 bridgehead atoms. The Morgan fingerprint density at radius 1 is 1.06 bits per heavy atom. The number of para-hydroxylation sites is 1. The molecule has 7 nitrogen and oxygen atoms in total. The molecule has 3 aromatic rings. The lowest BCUT2D eigenvalue weighted by Crippen LogP contribution is -2.35. The van der Waals surface area contributed by atoms with Gasteiger partial charge in [-0.3, -0.25) is 10.2 Å². The van der Waals surface area contributed by atoms with E-state index in [4.69, 9.17) is 10.1 Å². The van der Waals surface area contributed by atoms with Gasteiger partial charge >= 0.3 is 0 Å². The van der Waals surface area contributed by atoms with Crippen LogP contribution in [0.4, 0.5) is 0 Å². The first-order chi connectivity index (χ1) is 16.4. The van der Waals surface area contributed by atoms with E-state index in [0.717, 1.165) is 28.4 Å². The minimum Gasteiger partial charge on any atom is -0.487 e. The first kappa shape index (κ1) is 21.9. The number of benzene rings is 2. The van der Waals surface area contributed by atoms with Gasteiger partial charge in [-0.25, -0.2) is 0 Å². The van der Waals surface area contributed by atoms with Crippen molar-refractivity contribution in [1.82, 2.24) is 9.58 Å². The maximum Gasteiger partial charge on any atom is 0.283 e. The minimum atomic E-state index is -0.440. The van der Waals surface area contributed by atoms with Gasteiger partial charge in [-0.05, 0) is 74.5 Å². The molecule has 0 saturated heterocycles. The molecule has 2 aromatic carbocycles. The maximum atomic E-state index is 12.8. The summed E-state index contributed by atoms with van der Waals surface area (Å²) in [4.78, 5) is 17.0. The summed E-state index contributed by atoms with van der Waals surface area (Å²) in [5.41, 5.74) is 5.36. The Morgan fingerprint density at radius 2 is 1.79 bits per heavy atom. The standard InChI is InChI=1S/C26H23N5O2S/c1-16-9-11-20(12-10-16)30-17(2)13-19(18(30)3)14-22-24(27)31-26(28-25(22)32)34-23(29-31)15-33-21-7-5-4-6-8-21/h4-14,27H,15H2,1-3H3/b22-14-,27-24?. The van der Waals surface area contributed by atoms with Crippen LogP contribution in [0.15, 0.2) is 76.3 Å². The third-order valence-corrected chi connectivity index (χ3v) is 6.55. The summed E-state index contributed by atoms with van der Waals surface area (Å²) in [5, 5.41) is 15.5. The Balaban J connectivity index is 1.41. The highest BCUT2D eigenvalue weighted by atomic mass is 32.2. The second kappa shape index (κ2) is 8.79. The maximum absolute atomic E-state index is 12.8. The number of hydrogen-bond donors (Lipinski definition) is 1. The molecule has 2 aliphatic heterocycles. The Hall–Kier alpha value is -3.91. The van der Waals surface area contributed by atoms with E-state index in [9.17, 15) is 4.79 Å². The fraction of sp³-hybridized carbons (Fsp3) is 0.154. The lowest BCUT2D eigenvalue weighted by molar-refractivity contribution is -0.114. The largest absolute Gasteiger partial charge is 0.487 e. The molecule has 2 aliphatic rings. The number of ether oxygens (including phenoxy) is 1. The number of rotatable bonds is 5. The minimum absolute atomic E-state index is 0.0114. The third kappa shape index (κ3) is 4.08. The smallest absolute Gasteiger partial charge is 0.283 e. The zero-order valence-electron chi connectivity index (χ0n) is 19.1. The van der Waals surface area contributed by atoms with Gasteiger partial charge in [0.2, 0.25) is 5.17 Å². The molecule has 0 aliphatic carbocycles. The van der Waals surface area contributed by atoms with Crippen molar-refractivity contribution < 1.29 is 9.53 Å². The zero-order chi connectivity index (χ0) is 23.8. The van der Waals surface area contributed by atoms with E-state index in [1.165, 1.54) is 22.3 Å². The van der Waals surface area contributed by atoms with E-state index in [1.807, 2.05) is 50.2 Å². The number of aryl methyl sites for hydroxylation is 2. The van der Waals surface area contributed by atoms with E-state index < -0.39 is 5.91 Å². The second-order valence-corrected chi connectivity index (χ2v) is 9.15. The molecule has 0 fully saturated rings. The van der Waals surface area contributed by atoms with Crippen molar-refractivity contribution >= 4 is 39.8 Å². The van der Waals surface area contributed by atoms with Gasteiger partial charge in [0.05, 0.1) is 5.57 Å². The number of thioether (sulfide) groups is 1. The number of hydrogen-bond acceptors (Lipinski definition) is 5. The molecule has 0 spiro atoms. The number of nitrogens with one attached hydrogen (secondary N) is 1. The van der Waals surface area contributed by atoms with Crippen LogP contribution >= 0.6 is 11.8 Å². The van der Waals surface area contributed by atoms with Crippen LogP contribution in [0.2, 0.25) is 0 Å². The number of carbonyl (C=O) groups excluding carboxylic acids is 1. The molecular weight excluding hydrogens is 446 g/mol. The average molecular weight is 470 g/mol. The molecule has 0 unspecified atom stereocenters. The Labute approximate surface area is 202 Å².